The lowest BCUT2D eigenvalue weighted by Crippen LogP contribution is -2.25. The second-order valence-electron chi connectivity index (χ2n) is 8.88. The van der Waals surface area contributed by atoms with E-state index in [2.05, 4.69) is 30.2 Å². The van der Waals surface area contributed by atoms with Crippen molar-refractivity contribution in [2.24, 2.45) is 0 Å². The first kappa shape index (κ1) is 27.7. The van der Waals surface area contributed by atoms with Crippen LogP contribution in [-0.2, 0) is 18.6 Å². The van der Waals surface area contributed by atoms with E-state index in [1.165, 1.54) is 0 Å². The molecule has 0 amide bonds. The van der Waals surface area contributed by atoms with Gasteiger partial charge in [-0.1, -0.05) is 43.3 Å². The number of nitrogens with zero attached hydrogens (tertiary/aromatic N) is 3. The molecule has 2 atom stereocenters. The van der Waals surface area contributed by atoms with E-state index in [4.69, 9.17) is 21.1 Å². The highest BCUT2D eigenvalue weighted by Crippen LogP contribution is 2.34. The number of hydrogen-bond acceptors (Lipinski definition) is 7. The summed E-state index contributed by atoms with van der Waals surface area (Å²) in [5.74, 6) is 1.52. The van der Waals surface area contributed by atoms with Gasteiger partial charge in [-0.05, 0) is 64.4 Å². The van der Waals surface area contributed by atoms with E-state index in [9.17, 15) is 15.3 Å². The van der Waals surface area contributed by atoms with Crippen LogP contribution in [-0.4, -0.2) is 61.6 Å². The molecular formula is C25H31ClIN3O5. The van der Waals surface area contributed by atoms with Crippen molar-refractivity contribution >= 4 is 34.2 Å². The van der Waals surface area contributed by atoms with Crippen molar-refractivity contribution < 1.29 is 24.8 Å². The lowest BCUT2D eigenvalue weighted by atomic mass is 9.77. The van der Waals surface area contributed by atoms with Gasteiger partial charge in [0.25, 0.3) is 0 Å². The van der Waals surface area contributed by atoms with Gasteiger partial charge in [-0.2, -0.15) is 0 Å². The van der Waals surface area contributed by atoms with Gasteiger partial charge in [0.2, 0.25) is 0 Å². The number of rotatable bonds is 12. The van der Waals surface area contributed by atoms with E-state index >= 15 is 0 Å². The first-order valence-corrected chi connectivity index (χ1v) is 12.8. The van der Waals surface area contributed by atoms with Crippen LogP contribution in [0.1, 0.15) is 36.2 Å². The molecular weight excluding hydrogens is 585 g/mol. The smallest absolute Gasteiger partial charge is 0.125 e. The molecule has 10 heteroatoms. The number of ether oxygens (including phenoxy) is 2. The van der Waals surface area contributed by atoms with Crippen LogP contribution in [0.25, 0.3) is 0 Å². The Morgan fingerprint density at radius 2 is 1.69 bits per heavy atom. The lowest BCUT2D eigenvalue weighted by molar-refractivity contribution is 0.0881. The average Bonchev–Trinajstić information content (AvgIpc) is 3.20. The van der Waals surface area contributed by atoms with Crippen LogP contribution in [0.15, 0.2) is 42.5 Å². The van der Waals surface area contributed by atoms with Crippen LogP contribution < -0.4 is 9.47 Å². The number of aliphatic hydroxyl groups is 3. The van der Waals surface area contributed by atoms with Gasteiger partial charge in [-0.25, -0.2) is 4.68 Å². The van der Waals surface area contributed by atoms with Gasteiger partial charge in [-0.3, -0.25) is 0 Å². The van der Waals surface area contributed by atoms with Gasteiger partial charge in [0.1, 0.15) is 46.3 Å². The Kier molecular flexibility index (Phi) is 9.77. The van der Waals surface area contributed by atoms with Crippen LogP contribution in [0.2, 0.25) is 0 Å². The van der Waals surface area contributed by atoms with Crippen LogP contribution in [0.3, 0.4) is 0 Å². The van der Waals surface area contributed by atoms with E-state index in [1.54, 1.807) is 4.68 Å². The quantitative estimate of drug-likeness (QED) is 0.212. The van der Waals surface area contributed by atoms with E-state index in [1.807, 2.05) is 65.9 Å². The minimum atomic E-state index is -0.776. The molecule has 0 spiro atoms. The highest BCUT2D eigenvalue weighted by molar-refractivity contribution is 14.1. The third kappa shape index (κ3) is 7.07. The highest BCUT2D eigenvalue weighted by Gasteiger charge is 2.24. The van der Waals surface area contributed by atoms with Crippen molar-refractivity contribution in [2.75, 3.05) is 19.1 Å². The average molecular weight is 616 g/mol. The summed E-state index contributed by atoms with van der Waals surface area (Å²) in [7, 11) is 0. The van der Waals surface area contributed by atoms with Crippen LogP contribution in [0.4, 0.5) is 0 Å². The molecule has 1 heterocycles. The Morgan fingerprint density at radius 3 is 2.29 bits per heavy atom. The number of aryl methyl sites for hydroxylation is 1. The molecule has 3 rings (SSSR count). The molecule has 0 saturated heterocycles. The van der Waals surface area contributed by atoms with Crippen molar-refractivity contribution in [3.05, 3.63) is 68.5 Å². The van der Waals surface area contributed by atoms with Gasteiger partial charge in [-0.15, -0.1) is 16.7 Å². The summed E-state index contributed by atoms with van der Waals surface area (Å²) in [6.45, 7) is 6.58. The molecule has 0 saturated carbocycles. The summed E-state index contributed by atoms with van der Waals surface area (Å²) < 4.78 is 13.7. The Balaban J connectivity index is 1.60. The number of benzene rings is 2. The molecule has 0 fully saturated rings. The predicted molar refractivity (Wildman–Crippen MR) is 142 cm³/mol. The Labute approximate surface area is 224 Å². The molecule has 0 aliphatic carbocycles. The molecule has 8 nitrogen and oxygen atoms in total. The summed E-state index contributed by atoms with van der Waals surface area (Å²) in [5, 5.41) is 37.0. The summed E-state index contributed by atoms with van der Waals surface area (Å²) in [6.07, 6.45) is -1.47. The van der Waals surface area contributed by atoms with Crippen molar-refractivity contribution in [1.82, 2.24) is 15.0 Å². The molecule has 0 bridgehead atoms. The van der Waals surface area contributed by atoms with E-state index in [0.717, 1.165) is 22.4 Å². The van der Waals surface area contributed by atoms with Crippen LogP contribution in [0.5, 0.6) is 11.5 Å². The fraction of sp³-hybridized carbons (Fsp3) is 0.440. The van der Waals surface area contributed by atoms with Crippen LogP contribution >= 0.6 is 34.2 Å². The topological polar surface area (TPSA) is 110 Å². The molecule has 3 aromatic rings. The number of halogens is 2. The molecule has 0 aliphatic heterocycles. The van der Waals surface area contributed by atoms with E-state index in [-0.39, 0.29) is 37.7 Å². The zero-order valence-corrected chi connectivity index (χ0v) is 22.9. The number of hydrogen-bond donors (Lipinski definition) is 3. The van der Waals surface area contributed by atoms with Crippen molar-refractivity contribution in [3.63, 3.8) is 0 Å². The third-order valence-electron chi connectivity index (χ3n) is 5.80. The summed E-state index contributed by atoms with van der Waals surface area (Å²) in [6, 6.07) is 13.9. The second kappa shape index (κ2) is 12.4. The zero-order valence-electron chi connectivity index (χ0n) is 20.0. The molecule has 190 valence electrons. The van der Waals surface area contributed by atoms with Crippen LogP contribution in [0, 0.1) is 10.6 Å². The Bertz CT molecular complexity index is 1110. The fourth-order valence-electron chi connectivity index (χ4n) is 3.56. The molecule has 0 aliphatic rings. The first-order valence-electron chi connectivity index (χ1n) is 11.2. The lowest BCUT2D eigenvalue weighted by Gasteiger charge is -2.27. The minimum Gasteiger partial charge on any atom is -0.491 e. The summed E-state index contributed by atoms with van der Waals surface area (Å²) in [5.41, 5.74) is 3.46. The van der Waals surface area contributed by atoms with Gasteiger partial charge < -0.3 is 24.8 Å². The predicted octanol–water partition coefficient (Wildman–Crippen LogP) is 3.43. The van der Waals surface area contributed by atoms with Crippen molar-refractivity contribution in [3.8, 4) is 11.5 Å². The molecule has 2 aromatic carbocycles. The first-order chi connectivity index (χ1) is 16.6. The van der Waals surface area contributed by atoms with E-state index in [0.29, 0.717) is 15.1 Å². The largest absolute Gasteiger partial charge is 0.491 e. The SMILES string of the molecule is Cc1cc(C(C)(C)c2ccc(OCC(O)Cn3nnc(CO)c3I)cc2)ccc1OCC(O)CCl. The maximum absolute atomic E-state index is 10.3. The van der Waals surface area contributed by atoms with Gasteiger partial charge in [0.15, 0.2) is 0 Å². The Hall–Kier alpha value is -1.92. The zero-order chi connectivity index (χ0) is 25.6. The highest BCUT2D eigenvalue weighted by atomic mass is 127. The molecule has 0 radical (unpaired) electrons. The van der Waals surface area contributed by atoms with Crippen molar-refractivity contribution in [1.29, 1.82) is 0 Å². The normalized spacial score (nSPS) is 13.5. The number of alkyl halides is 1. The second-order valence-corrected chi connectivity index (χ2v) is 10.2. The molecule has 3 N–H and O–H groups in total. The van der Waals surface area contributed by atoms with Gasteiger partial charge >= 0.3 is 0 Å². The van der Waals surface area contributed by atoms with Crippen molar-refractivity contribution in [2.45, 2.75) is 51.5 Å². The monoisotopic (exact) mass is 615 g/mol. The fourth-order valence-corrected chi connectivity index (χ4v) is 4.22. The molecule has 1 aromatic heterocycles. The maximum Gasteiger partial charge on any atom is 0.125 e. The number of aromatic nitrogens is 3. The third-order valence-corrected chi connectivity index (χ3v) is 7.33. The minimum absolute atomic E-state index is 0.103. The van der Waals surface area contributed by atoms with Gasteiger partial charge in [0, 0.05) is 5.41 Å². The molecule has 35 heavy (non-hydrogen) atoms. The Morgan fingerprint density at radius 1 is 1.03 bits per heavy atom. The van der Waals surface area contributed by atoms with Gasteiger partial charge in [0.05, 0.1) is 19.0 Å². The van der Waals surface area contributed by atoms with E-state index < -0.39 is 12.2 Å². The maximum atomic E-state index is 10.3. The number of aliphatic hydroxyl groups excluding tert-OH is 3. The molecule has 2 unspecified atom stereocenters. The summed E-state index contributed by atoms with van der Waals surface area (Å²) >= 11 is 7.68. The summed E-state index contributed by atoms with van der Waals surface area (Å²) in [4.78, 5) is 0. The standard InChI is InChI=1S/C25H31ClIN3O5/c1-16-10-18(6-9-23(16)35-14-19(32)11-26)25(2,3)17-4-7-21(8-5-17)34-15-20(33)12-30-24(27)22(13-31)28-29-30/h4-10,19-20,31-33H,11-15H2,1-3H3.